The van der Waals surface area contributed by atoms with Crippen LogP contribution in [0.2, 0.25) is 0 Å². The average molecular weight is 248 g/mol. The lowest BCUT2D eigenvalue weighted by atomic mass is 10.2. The van der Waals surface area contributed by atoms with E-state index in [1.165, 1.54) is 0 Å². The molecule has 3 N–H and O–H groups in total. The second-order valence-electron chi connectivity index (χ2n) is 4.30. The zero-order valence-electron chi connectivity index (χ0n) is 9.70. The maximum atomic E-state index is 12.5. The number of ether oxygens (including phenoxy) is 1. The Balaban J connectivity index is 2.78. The van der Waals surface area contributed by atoms with Crippen molar-refractivity contribution in [1.82, 2.24) is 9.78 Å². The van der Waals surface area contributed by atoms with Gasteiger partial charge in [-0.15, -0.1) is 5.10 Å². The smallest absolute Gasteiger partial charge is 0.413 e. The van der Waals surface area contributed by atoms with Crippen LogP contribution in [0.5, 0.6) is 0 Å². The van der Waals surface area contributed by atoms with Crippen LogP contribution in [-0.4, -0.2) is 21.5 Å². The summed E-state index contributed by atoms with van der Waals surface area (Å²) in [5, 5.41) is 5.48. The minimum atomic E-state index is -2.89. The van der Waals surface area contributed by atoms with Crippen molar-refractivity contribution in [1.29, 1.82) is 0 Å². The number of nitrogens with one attached hydrogen (secondary N) is 1. The highest BCUT2D eigenvalue weighted by Crippen LogP contribution is 2.20. The van der Waals surface area contributed by atoms with Crippen molar-refractivity contribution in [3.63, 3.8) is 0 Å². The van der Waals surface area contributed by atoms with E-state index in [4.69, 9.17) is 10.5 Å². The van der Waals surface area contributed by atoms with E-state index >= 15 is 0 Å². The molecule has 0 fully saturated rings. The number of hydrogen-bond donors (Lipinski definition) is 2. The van der Waals surface area contributed by atoms with E-state index < -0.39 is 18.2 Å². The summed E-state index contributed by atoms with van der Waals surface area (Å²) >= 11 is 0. The summed E-state index contributed by atoms with van der Waals surface area (Å²) in [6, 6.07) is 1.12. The third kappa shape index (κ3) is 3.89. The molecule has 0 saturated heterocycles. The molecule has 1 aromatic rings. The van der Waals surface area contributed by atoms with Crippen LogP contribution >= 0.6 is 0 Å². The Hall–Kier alpha value is -1.86. The number of aromatic nitrogens is 2. The van der Waals surface area contributed by atoms with Crippen LogP contribution in [0, 0.1) is 0 Å². The molecule has 1 rings (SSSR count). The molecular formula is C9H14F2N4O2. The molecule has 1 amide bonds. The van der Waals surface area contributed by atoms with Gasteiger partial charge < -0.3 is 10.5 Å². The summed E-state index contributed by atoms with van der Waals surface area (Å²) in [6.07, 6.45) is -0.848. The number of rotatable bonds is 2. The Bertz CT molecular complexity index is 412. The van der Waals surface area contributed by atoms with Gasteiger partial charge in [-0.1, -0.05) is 0 Å². The third-order valence-electron chi connectivity index (χ3n) is 1.57. The molecule has 0 spiro atoms. The lowest BCUT2D eigenvalue weighted by molar-refractivity contribution is 0.0561. The molecular weight excluding hydrogens is 234 g/mol. The van der Waals surface area contributed by atoms with Crippen molar-refractivity contribution < 1.29 is 18.3 Å². The van der Waals surface area contributed by atoms with E-state index in [0.29, 0.717) is 4.68 Å². The Labute approximate surface area is 96.7 Å². The van der Waals surface area contributed by atoms with Crippen molar-refractivity contribution in [3.05, 3.63) is 6.07 Å². The van der Waals surface area contributed by atoms with Crippen LogP contribution in [-0.2, 0) is 4.74 Å². The molecule has 0 atom stereocenters. The number of nitrogen functional groups attached to an aromatic ring is 1. The van der Waals surface area contributed by atoms with Gasteiger partial charge in [-0.2, -0.15) is 13.5 Å². The van der Waals surface area contributed by atoms with Gasteiger partial charge in [-0.05, 0) is 20.8 Å². The maximum absolute atomic E-state index is 12.5. The first-order valence-electron chi connectivity index (χ1n) is 4.82. The van der Waals surface area contributed by atoms with Gasteiger partial charge in [0, 0.05) is 6.07 Å². The van der Waals surface area contributed by atoms with Crippen molar-refractivity contribution in [2.24, 2.45) is 0 Å². The number of anilines is 2. The van der Waals surface area contributed by atoms with Crippen molar-refractivity contribution in [3.8, 4) is 0 Å². The fourth-order valence-corrected chi connectivity index (χ4v) is 1.06. The monoisotopic (exact) mass is 248 g/mol. The number of carbonyl (C=O) groups excluding carboxylic acids is 1. The number of nitrogens with zero attached hydrogens (tertiary/aromatic N) is 2. The van der Waals surface area contributed by atoms with E-state index in [-0.39, 0.29) is 11.6 Å². The Kier molecular flexibility index (Phi) is 3.54. The van der Waals surface area contributed by atoms with E-state index in [1.807, 2.05) is 0 Å². The van der Waals surface area contributed by atoms with Crippen LogP contribution in [0.4, 0.5) is 25.2 Å². The minimum absolute atomic E-state index is 0.114. The molecule has 6 nitrogen and oxygen atoms in total. The number of hydrogen-bond acceptors (Lipinski definition) is 4. The molecule has 0 radical (unpaired) electrons. The molecule has 0 aliphatic rings. The highest BCUT2D eigenvalue weighted by molar-refractivity contribution is 5.84. The summed E-state index contributed by atoms with van der Waals surface area (Å²) in [4.78, 5) is 11.4. The first kappa shape index (κ1) is 13.2. The lowest BCUT2D eigenvalue weighted by Crippen LogP contribution is -2.28. The van der Waals surface area contributed by atoms with Crippen LogP contribution in [0.3, 0.4) is 0 Å². The summed E-state index contributed by atoms with van der Waals surface area (Å²) < 4.78 is 30.2. The molecule has 96 valence electrons. The lowest BCUT2D eigenvalue weighted by Gasteiger charge is -2.19. The summed E-state index contributed by atoms with van der Waals surface area (Å²) in [7, 11) is 0. The Morgan fingerprint density at radius 3 is 2.65 bits per heavy atom. The maximum Gasteiger partial charge on any atom is 0.413 e. The highest BCUT2D eigenvalue weighted by Gasteiger charge is 2.20. The molecule has 8 heteroatoms. The predicted octanol–water partition coefficient (Wildman–Crippen LogP) is 2.21. The largest absolute Gasteiger partial charge is 0.444 e. The van der Waals surface area contributed by atoms with Gasteiger partial charge in [0.25, 0.3) is 0 Å². The Morgan fingerprint density at radius 2 is 2.18 bits per heavy atom. The normalized spacial score (nSPS) is 11.6. The van der Waals surface area contributed by atoms with E-state index in [0.717, 1.165) is 6.07 Å². The van der Waals surface area contributed by atoms with Crippen molar-refractivity contribution in [2.45, 2.75) is 32.9 Å². The van der Waals surface area contributed by atoms with Gasteiger partial charge >= 0.3 is 12.6 Å². The molecule has 0 bridgehead atoms. The fourth-order valence-electron chi connectivity index (χ4n) is 1.06. The summed E-state index contributed by atoms with van der Waals surface area (Å²) in [6.45, 7) is 2.08. The molecule has 1 heterocycles. The van der Waals surface area contributed by atoms with Gasteiger partial charge in [-0.3, -0.25) is 5.32 Å². The van der Waals surface area contributed by atoms with E-state index in [1.54, 1.807) is 20.8 Å². The van der Waals surface area contributed by atoms with Crippen molar-refractivity contribution >= 4 is 17.7 Å². The van der Waals surface area contributed by atoms with Crippen molar-refractivity contribution in [2.75, 3.05) is 11.1 Å². The number of alkyl halides is 2. The number of nitrogens with two attached hydrogens (primary N) is 1. The van der Waals surface area contributed by atoms with E-state index in [2.05, 4.69) is 10.4 Å². The highest BCUT2D eigenvalue weighted by atomic mass is 19.3. The fraction of sp³-hybridized carbons (Fsp3) is 0.556. The van der Waals surface area contributed by atoms with Gasteiger partial charge in [0.15, 0.2) is 0 Å². The third-order valence-corrected chi connectivity index (χ3v) is 1.57. The van der Waals surface area contributed by atoms with Gasteiger partial charge in [-0.25, -0.2) is 4.79 Å². The summed E-state index contributed by atoms with van der Waals surface area (Å²) in [5.41, 5.74) is 4.55. The van der Waals surface area contributed by atoms with Crippen LogP contribution < -0.4 is 11.1 Å². The minimum Gasteiger partial charge on any atom is -0.444 e. The van der Waals surface area contributed by atoms with Crippen LogP contribution in [0.1, 0.15) is 27.3 Å². The molecule has 0 aliphatic heterocycles. The molecule has 0 saturated carbocycles. The zero-order valence-corrected chi connectivity index (χ0v) is 9.70. The van der Waals surface area contributed by atoms with Gasteiger partial charge in [0.2, 0.25) is 0 Å². The number of amides is 1. The first-order chi connectivity index (χ1) is 7.69. The quantitative estimate of drug-likeness (QED) is 0.840. The number of carbonyl (C=O) groups is 1. The second-order valence-corrected chi connectivity index (χ2v) is 4.30. The zero-order chi connectivity index (χ0) is 13.2. The summed E-state index contributed by atoms with van der Waals surface area (Å²) in [5.74, 6) is -0.330. The standard InChI is InChI=1S/C9H14F2N4O2/c1-9(2,3)17-8(16)13-6-4-5(12)14-15(6)7(10)11/h4,7H,1-3H3,(H2,12,14)(H,13,16). The second kappa shape index (κ2) is 4.56. The van der Waals surface area contributed by atoms with Gasteiger partial charge in [0.1, 0.15) is 17.2 Å². The molecule has 17 heavy (non-hydrogen) atoms. The molecule has 0 aromatic carbocycles. The van der Waals surface area contributed by atoms with Gasteiger partial charge in [0.05, 0.1) is 0 Å². The van der Waals surface area contributed by atoms with E-state index in [9.17, 15) is 13.6 Å². The Morgan fingerprint density at radius 1 is 1.59 bits per heavy atom. The van der Waals surface area contributed by atoms with Crippen LogP contribution in [0.25, 0.3) is 0 Å². The molecule has 0 aliphatic carbocycles. The van der Waals surface area contributed by atoms with Crippen LogP contribution in [0.15, 0.2) is 6.07 Å². The topological polar surface area (TPSA) is 82.2 Å². The predicted molar refractivity (Wildman–Crippen MR) is 57.7 cm³/mol. The molecule has 1 aromatic heterocycles. The number of halogens is 2. The first-order valence-corrected chi connectivity index (χ1v) is 4.82. The SMILES string of the molecule is CC(C)(C)OC(=O)Nc1cc(N)nn1C(F)F. The average Bonchev–Trinajstić information content (AvgIpc) is 2.42. The molecule has 0 unspecified atom stereocenters.